The molecule has 21 heavy (non-hydrogen) atoms. The highest BCUT2D eigenvalue weighted by Gasteiger charge is 2.10. The van der Waals surface area contributed by atoms with Gasteiger partial charge >= 0.3 is 0 Å². The molecule has 1 amide bonds. The Balaban J connectivity index is 2.23. The number of hydrogen-bond donors (Lipinski definition) is 2. The van der Waals surface area contributed by atoms with Crippen molar-refractivity contribution in [2.45, 2.75) is 13.3 Å². The van der Waals surface area contributed by atoms with Gasteiger partial charge in [0.1, 0.15) is 0 Å². The van der Waals surface area contributed by atoms with E-state index in [0.717, 1.165) is 11.1 Å². The molecule has 2 rings (SSSR count). The second-order valence-corrected chi connectivity index (χ2v) is 6.10. The van der Waals surface area contributed by atoms with E-state index in [2.05, 4.69) is 17.2 Å². The average molecular weight is 320 g/mol. The van der Waals surface area contributed by atoms with Crippen LogP contribution in [-0.2, 0) is 0 Å². The number of thiophene rings is 1. The van der Waals surface area contributed by atoms with Crippen molar-refractivity contribution in [2.24, 2.45) is 0 Å². The van der Waals surface area contributed by atoms with Gasteiger partial charge in [0.15, 0.2) is 0 Å². The summed E-state index contributed by atoms with van der Waals surface area (Å²) < 4.78 is 0.576. The smallest absolute Gasteiger partial charge is 0.265 e. The summed E-state index contributed by atoms with van der Waals surface area (Å²) in [5.74, 6) is 5.63. The lowest BCUT2D eigenvalue weighted by Crippen LogP contribution is -2.11. The summed E-state index contributed by atoms with van der Waals surface area (Å²) >= 11 is 7.07. The van der Waals surface area contributed by atoms with E-state index in [-0.39, 0.29) is 12.5 Å². The first-order chi connectivity index (χ1) is 10.1. The minimum Gasteiger partial charge on any atom is -0.395 e. The minimum absolute atomic E-state index is 0.0220. The zero-order chi connectivity index (χ0) is 15.2. The molecule has 0 atom stereocenters. The highest BCUT2D eigenvalue weighted by atomic mass is 35.5. The minimum atomic E-state index is -0.207. The molecule has 1 heterocycles. The van der Waals surface area contributed by atoms with Gasteiger partial charge in [0.2, 0.25) is 0 Å². The van der Waals surface area contributed by atoms with E-state index < -0.39 is 0 Å². The first-order valence-corrected chi connectivity index (χ1v) is 7.56. The van der Waals surface area contributed by atoms with Crippen LogP contribution in [0, 0.1) is 18.8 Å². The van der Waals surface area contributed by atoms with E-state index in [1.165, 1.54) is 11.3 Å². The molecule has 1 aromatic heterocycles. The van der Waals surface area contributed by atoms with Crippen LogP contribution < -0.4 is 5.32 Å². The van der Waals surface area contributed by atoms with Crippen LogP contribution in [0.1, 0.15) is 27.2 Å². The van der Waals surface area contributed by atoms with Gasteiger partial charge in [0, 0.05) is 12.0 Å². The van der Waals surface area contributed by atoms with Crippen molar-refractivity contribution in [1.29, 1.82) is 0 Å². The quantitative estimate of drug-likeness (QED) is 0.848. The Morgan fingerprint density at radius 2 is 2.19 bits per heavy atom. The molecule has 108 valence electrons. The topological polar surface area (TPSA) is 49.3 Å². The summed E-state index contributed by atoms with van der Waals surface area (Å²) in [5, 5.41) is 11.6. The molecule has 0 aliphatic rings. The van der Waals surface area contributed by atoms with E-state index in [4.69, 9.17) is 16.7 Å². The summed E-state index contributed by atoms with van der Waals surface area (Å²) in [4.78, 5) is 12.7. The first-order valence-electron chi connectivity index (χ1n) is 6.37. The lowest BCUT2D eigenvalue weighted by molar-refractivity contribution is 0.103. The molecule has 2 aromatic rings. The lowest BCUT2D eigenvalue weighted by Gasteiger charge is -2.07. The highest BCUT2D eigenvalue weighted by molar-refractivity contribution is 7.18. The third-order valence-electron chi connectivity index (χ3n) is 2.68. The lowest BCUT2D eigenvalue weighted by atomic mass is 10.1. The predicted octanol–water partition coefficient (Wildman–Crippen LogP) is 3.70. The maximum absolute atomic E-state index is 12.1. The molecule has 2 N–H and O–H groups in total. The van der Waals surface area contributed by atoms with Gasteiger partial charge in [-0.2, -0.15) is 0 Å². The number of hydrogen-bond acceptors (Lipinski definition) is 3. The molecule has 0 radical (unpaired) electrons. The zero-order valence-electron chi connectivity index (χ0n) is 11.4. The number of anilines is 1. The molecule has 0 unspecified atom stereocenters. The van der Waals surface area contributed by atoms with Crippen LogP contribution in [0.15, 0.2) is 30.3 Å². The molecule has 0 saturated carbocycles. The molecular weight excluding hydrogens is 306 g/mol. The summed E-state index contributed by atoms with van der Waals surface area (Å²) in [5.41, 5.74) is 2.44. The third-order valence-corrected chi connectivity index (χ3v) is 3.91. The number of amides is 1. The SMILES string of the molecule is Cc1ccc(NC(=O)c2ccc(Cl)s2)c(C#CCCO)c1. The number of rotatable bonds is 3. The van der Waals surface area contributed by atoms with Crippen molar-refractivity contribution >= 4 is 34.5 Å². The Kier molecular flexibility index (Phi) is 5.40. The van der Waals surface area contributed by atoms with Crippen molar-refractivity contribution in [1.82, 2.24) is 0 Å². The van der Waals surface area contributed by atoms with Gasteiger partial charge in [-0.15, -0.1) is 11.3 Å². The molecule has 0 bridgehead atoms. The van der Waals surface area contributed by atoms with Crippen LogP contribution in [0.3, 0.4) is 0 Å². The fourth-order valence-electron chi connectivity index (χ4n) is 1.70. The summed E-state index contributed by atoms with van der Waals surface area (Å²) in [6, 6.07) is 9.02. The Labute approximate surface area is 132 Å². The van der Waals surface area contributed by atoms with E-state index in [1.807, 2.05) is 25.1 Å². The molecular formula is C16H14ClNO2S. The number of aliphatic hydroxyl groups is 1. The Bertz CT molecular complexity index is 713. The second-order valence-electron chi connectivity index (χ2n) is 4.38. The van der Waals surface area contributed by atoms with Crippen LogP contribution in [0.4, 0.5) is 5.69 Å². The van der Waals surface area contributed by atoms with E-state index in [1.54, 1.807) is 12.1 Å². The average Bonchev–Trinajstić information content (AvgIpc) is 2.88. The Morgan fingerprint density at radius 1 is 1.38 bits per heavy atom. The number of nitrogens with one attached hydrogen (secondary N) is 1. The van der Waals surface area contributed by atoms with Crippen LogP contribution in [0.5, 0.6) is 0 Å². The molecule has 0 fully saturated rings. The van der Waals surface area contributed by atoms with Gasteiger partial charge in [0.05, 0.1) is 21.5 Å². The van der Waals surface area contributed by atoms with Gasteiger partial charge < -0.3 is 10.4 Å². The van der Waals surface area contributed by atoms with Crippen molar-refractivity contribution in [3.05, 3.63) is 50.7 Å². The molecule has 0 aliphatic heterocycles. The number of aliphatic hydroxyl groups excluding tert-OH is 1. The molecule has 0 saturated heterocycles. The molecule has 5 heteroatoms. The molecule has 1 aromatic carbocycles. The maximum atomic E-state index is 12.1. The van der Waals surface area contributed by atoms with E-state index in [9.17, 15) is 4.79 Å². The van der Waals surface area contributed by atoms with Crippen molar-refractivity contribution < 1.29 is 9.90 Å². The Morgan fingerprint density at radius 3 is 2.86 bits per heavy atom. The highest BCUT2D eigenvalue weighted by Crippen LogP contribution is 2.23. The Hall–Kier alpha value is -1.80. The number of carbonyl (C=O) groups is 1. The summed E-state index contributed by atoms with van der Waals surface area (Å²) in [6.07, 6.45) is 0.405. The molecule has 0 spiro atoms. The van der Waals surface area contributed by atoms with Crippen LogP contribution >= 0.6 is 22.9 Å². The maximum Gasteiger partial charge on any atom is 0.265 e. The molecule has 3 nitrogen and oxygen atoms in total. The van der Waals surface area contributed by atoms with E-state index >= 15 is 0 Å². The van der Waals surface area contributed by atoms with Crippen molar-refractivity contribution in [3.63, 3.8) is 0 Å². The number of aryl methyl sites for hydroxylation is 1. The molecule has 0 aliphatic carbocycles. The van der Waals surface area contributed by atoms with Gasteiger partial charge in [-0.05, 0) is 36.8 Å². The monoisotopic (exact) mass is 319 g/mol. The van der Waals surface area contributed by atoms with Crippen LogP contribution in [0.25, 0.3) is 0 Å². The number of halogens is 1. The standard InChI is InChI=1S/C16H14ClNO2S/c1-11-5-6-13(12(10-11)4-2-3-9-19)18-16(20)14-7-8-15(17)21-14/h5-8,10,19H,3,9H2,1H3,(H,18,20). The van der Waals surface area contributed by atoms with Gasteiger partial charge in [0.25, 0.3) is 5.91 Å². The van der Waals surface area contributed by atoms with E-state index in [0.29, 0.717) is 21.3 Å². The van der Waals surface area contributed by atoms with Crippen molar-refractivity contribution in [3.8, 4) is 11.8 Å². The number of benzene rings is 1. The van der Waals surface area contributed by atoms with Crippen LogP contribution in [-0.4, -0.2) is 17.6 Å². The predicted molar refractivity (Wildman–Crippen MR) is 87.0 cm³/mol. The zero-order valence-corrected chi connectivity index (χ0v) is 13.0. The van der Waals surface area contributed by atoms with Crippen molar-refractivity contribution in [2.75, 3.05) is 11.9 Å². The fraction of sp³-hybridized carbons (Fsp3) is 0.188. The normalized spacial score (nSPS) is 9.86. The van der Waals surface area contributed by atoms with Crippen LogP contribution in [0.2, 0.25) is 4.34 Å². The van der Waals surface area contributed by atoms with Gasteiger partial charge in [-0.25, -0.2) is 0 Å². The fourth-order valence-corrected chi connectivity index (χ4v) is 2.64. The first kappa shape index (κ1) is 15.6. The third kappa shape index (κ3) is 4.33. The summed E-state index contributed by atoms with van der Waals surface area (Å²) in [7, 11) is 0. The largest absolute Gasteiger partial charge is 0.395 e. The van der Waals surface area contributed by atoms with Gasteiger partial charge in [-0.3, -0.25) is 4.79 Å². The van der Waals surface area contributed by atoms with Gasteiger partial charge in [-0.1, -0.05) is 29.5 Å². The summed E-state index contributed by atoms with van der Waals surface area (Å²) in [6.45, 7) is 1.98. The number of carbonyl (C=O) groups excluding carboxylic acids is 1. The second kappa shape index (κ2) is 7.28.